The van der Waals surface area contributed by atoms with E-state index in [1.807, 2.05) is 12.1 Å². The molecule has 3 rings (SSSR count). The normalized spacial score (nSPS) is 13.9. The highest BCUT2D eigenvalue weighted by molar-refractivity contribution is 5.88. The molecule has 2 heterocycles. The highest BCUT2D eigenvalue weighted by Gasteiger charge is 2.19. The fourth-order valence-corrected chi connectivity index (χ4v) is 2.61. The molecule has 0 fully saturated rings. The zero-order valence-electron chi connectivity index (χ0n) is 11.5. The third-order valence-corrected chi connectivity index (χ3v) is 3.78. The van der Waals surface area contributed by atoms with Gasteiger partial charge in [0.1, 0.15) is 5.82 Å². The Balaban J connectivity index is 1.85. The quantitative estimate of drug-likeness (QED) is 0.899. The van der Waals surface area contributed by atoms with Crippen LogP contribution in [0.15, 0.2) is 36.5 Å². The molecule has 0 amide bonds. The largest absolute Gasteiger partial charge is 0.478 e. The van der Waals surface area contributed by atoms with Gasteiger partial charge in [-0.15, -0.1) is 0 Å². The molecule has 0 radical (unpaired) electrons. The molecule has 0 bridgehead atoms. The first-order valence-corrected chi connectivity index (χ1v) is 6.83. The number of aromatic nitrogens is 1. The minimum absolute atomic E-state index is 0.00190. The van der Waals surface area contributed by atoms with E-state index in [9.17, 15) is 9.90 Å². The molecule has 0 saturated carbocycles. The van der Waals surface area contributed by atoms with E-state index in [2.05, 4.69) is 9.88 Å². The highest BCUT2D eigenvalue weighted by atomic mass is 16.4. The molecular weight excluding hydrogens is 268 g/mol. The Morgan fingerprint density at radius 2 is 2.10 bits per heavy atom. The first-order valence-electron chi connectivity index (χ1n) is 6.83. The second-order valence-corrected chi connectivity index (χ2v) is 5.14. The highest BCUT2D eigenvalue weighted by Crippen LogP contribution is 2.24. The van der Waals surface area contributed by atoms with Crippen molar-refractivity contribution >= 4 is 11.8 Å². The Labute approximate surface area is 122 Å². The molecule has 108 valence electrons. The summed E-state index contributed by atoms with van der Waals surface area (Å²) in [6.45, 7) is 1.50. The lowest BCUT2D eigenvalue weighted by Crippen LogP contribution is -2.31. The van der Waals surface area contributed by atoms with Gasteiger partial charge in [-0.05, 0) is 47.4 Å². The molecule has 1 aliphatic heterocycles. The average Bonchev–Trinajstić information content (AvgIpc) is 2.53. The van der Waals surface area contributed by atoms with Crippen molar-refractivity contribution in [3.05, 3.63) is 58.8 Å². The first-order chi connectivity index (χ1) is 10.2. The van der Waals surface area contributed by atoms with Gasteiger partial charge in [-0.25, -0.2) is 9.78 Å². The fraction of sp³-hybridized carbons (Fsp3) is 0.250. The first kappa shape index (κ1) is 13.6. The summed E-state index contributed by atoms with van der Waals surface area (Å²) < 4.78 is 0. The van der Waals surface area contributed by atoms with Crippen molar-refractivity contribution in [2.24, 2.45) is 0 Å². The Morgan fingerprint density at radius 3 is 2.86 bits per heavy atom. The maximum atomic E-state index is 11.0. The van der Waals surface area contributed by atoms with Gasteiger partial charge in [-0.1, -0.05) is 6.07 Å². The number of hydrogen-bond acceptors (Lipinski definition) is 4. The van der Waals surface area contributed by atoms with Crippen LogP contribution in [0.4, 0.5) is 5.82 Å². The van der Waals surface area contributed by atoms with Gasteiger partial charge in [-0.3, -0.25) is 0 Å². The van der Waals surface area contributed by atoms with Gasteiger partial charge in [0.25, 0.3) is 0 Å². The van der Waals surface area contributed by atoms with Crippen molar-refractivity contribution in [1.29, 1.82) is 0 Å². The number of rotatable bonds is 3. The van der Waals surface area contributed by atoms with Gasteiger partial charge in [0.15, 0.2) is 0 Å². The number of benzene rings is 1. The molecule has 2 N–H and O–H groups in total. The summed E-state index contributed by atoms with van der Waals surface area (Å²) in [6.07, 6.45) is 2.49. The number of anilines is 1. The fourth-order valence-electron chi connectivity index (χ4n) is 2.61. The third kappa shape index (κ3) is 2.73. The number of aliphatic hydroxyl groups excluding tert-OH is 1. The number of nitrogens with zero attached hydrogens (tertiary/aromatic N) is 2. The molecule has 1 aromatic heterocycles. The summed E-state index contributed by atoms with van der Waals surface area (Å²) in [5.74, 6) is -0.0490. The molecule has 5 nitrogen and oxygen atoms in total. The van der Waals surface area contributed by atoms with Gasteiger partial charge >= 0.3 is 5.97 Å². The van der Waals surface area contributed by atoms with E-state index in [-0.39, 0.29) is 6.61 Å². The Kier molecular flexibility index (Phi) is 3.58. The monoisotopic (exact) mass is 284 g/mol. The van der Waals surface area contributed by atoms with E-state index in [1.165, 1.54) is 0 Å². The van der Waals surface area contributed by atoms with Crippen molar-refractivity contribution in [2.45, 2.75) is 19.6 Å². The predicted molar refractivity (Wildman–Crippen MR) is 78.3 cm³/mol. The number of hydrogen-bond donors (Lipinski definition) is 2. The second kappa shape index (κ2) is 5.54. The lowest BCUT2D eigenvalue weighted by atomic mass is 9.97. The van der Waals surface area contributed by atoms with E-state index in [1.54, 1.807) is 24.4 Å². The van der Waals surface area contributed by atoms with Crippen LogP contribution in [0.2, 0.25) is 0 Å². The molecule has 21 heavy (non-hydrogen) atoms. The smallest absolute Gasteiger partial charge is 0.335 e. The minimum Gasteiger partial charge on any atom is -0.478 e. The molecule has 0 atom stereocenters. The van der Waals surface area contributed by atoms with Crippen LogP contribution in [0.3, 0.4) is 0 Å². The summed E-state index contributed by atoms with van der Waals surface area (Å²) >= 11 is 0. The molecule has 1 aliphatic rings. The van der Waals surface area contributed by atoms with E-state index in [0.717, 1.165) is 35.5 Å². The van der Waals surface area contributed by atoms with Crippen molar-refractivity contribution in [3.63, 3.8) is 0 Å². The summed E-state index contributed by atoms with van der Waals surface area (Å²) in [7, 11) is 0. The molecule has 0 spiro atoms. The standard InChI is InChI=1S/C16H16N2O3/c19-10-11-3-5-17-15(7-11)18-6-4-12-8-13(16(20)21)1-2-14(12)9-18/h1-3,5,7-8,19H,4,6,9-10H2,(H,20,21). The van der Waals surface area contributed by atoms with Crippen LogP contribution in [0.1, 0.15) is 27.0 Å². The molecule has 0 saturated heterocycles. The van der Waals surface area contributed by atoms with Crippen LogP contribution in [-0.2, 0) is 19.6 Å². The zero-order chi connectivity index (χ0) is 14.8. The summed E-state index contributed by atoms with van der Waals surface area (Å²) in [4.78, 5) is 17.5. The summed E-state index contributed by atoms with van der Waals surface area (Å²) in [6, 6.07) is 8.95. The molecule has 1 aromatic carbocycles. The zero-order valence-corrected chi connectivity index (χ0v) is 11.5. The van der Waals surface area contributed by atoms with Crippen molar-refractivity contribution in [3.8, 4) is 0 Å². The van der Waals surface area contributed by atoms with Crippen molar-refractivity contribution < 1.29 is 15.0 Å². The summed E-state index contributed by atoms with van der Waals surface area (Å²) in [5, 5.41) is 18.2. The predicted octanol–water partition coefficient (Wildman–Crippen LogP) is 1.83. The van der Waals surface area contributed by atoms with Crippen LogP contribution in [0.25, 0.3) is 0 Å². The topological polar surface area (TPSA) is 73.7 Å². The Morgan fingerprint density at radius 1 is 1.24 bits per heavy atom. The van der Waals surface area contributed by atoms with E-state index in [0.29, 0.717) is 12.1 Å². The number of carboxylic acid groups (broad SMARTS) is 1. The number of aromatic carboxylic acids is 1. The molecular formula is C16H16N2O3. The molecule has 0 unspecified atom stereocenters. The molecule has 2 aromatic rings. The van der Waals surface area contributed by atoms with E-state index < -0.39 is 5.97 Å². The lowest BCUT2D eigenvalue weighted by Gasteiger charge is -2.30. The van der Waals surface area contributed by atoms with Crippen LogP contribution >= 0.6 is 0 Å². The average molecular weight is 284 g/mol. The second-order valence-electron chi connectivity index (χ2n) is 5.14. The van der Waals surface area contributed by atoms with E-state index in [4.69, 9.17) is 5.11 Å². The van der Waals surface area contributed by atoms with Crippen LogP contribution in [-0.4, -0.2) is 27.7 Å². The lowest BCUT2D eigenvalue weighted by molar-refractivity contribution is 0.0696. The Bertz CT molecular complexity index is 685. The number of pyridine rings is 1. The van der Waals surface area contributed by atoms with Crippen LogP contribution in [0, 0.1) is 0 Å². The van der Waals surface area contributed by atoms with Crippen LogP contribution in [0.5, 0.6) is 0 Å². The van der Waals surface area contributed by atoms with Crippen LogP contribution < -0.4 is 4.90 Å². The maximum Gasteiger partial charge on any atom is 0.335 e. The maximum absolute atomic E-state index is 11.0. The summed E-state index contributed by atoms with van der Waals surface area (Å²) in [5.41, 5.74) is 3.39. The third-order valence-electron chi connectivity index (χ3n) is 3.78. The van der Waals surface area contributed by atoms with Gasteiger partial charge in [0.2, 0.25) is 0 Å². The van der Waals surface area contributed by atoms with Crippen molar-refractivity contribution in [1.82, 2.24) is 4.98 Å². The molecule has 0 aliphatic carbocycles. The van der Waals surface area contributed by atoms with Gasteiger partial charge in [0, 0.05) is 19.3 Å². The Hall–Kier alpha value is -2.40. The number of aliphatic hydroxyl groups is 1. The van der Waals surface area contributed by atoms with E-state index >= 15 is 0 Å². The molecule has 5 heteroatoms. The number of carboxylic acids is 1. The van der Waals surface area contributed by atoms with Gasteiger partial charge < -0.3 is 15.1 Å². The number of fused-ring (bicyclic) bond motifs is 1. The van der Waals surface area contributed by atoms with Gasteiger partial charge in [-0.2, -0.15) is 0 Å². The minimum atomic E-state index is -0.891. The number of carbonyl (C=O) groups is 1. The van der Waals surface area contributed by atoms with Crippen molar-refractivity contribution in [2.75, 3.05) is 11.4 Å². The SMILES string of the molecule is O=C(O)c1ccc2c(c1)CCN(c1cc(CO)ccn1)C2. The van der Waals surface area contributed by atoms with Gasteiger partial charge in [0.05, 0.1) is 12.2 Å².